The van der Waals surface area contributed by atoms with E-state index in [1.54, 1.807) is 48.8 Å². The van der Waals surface area contributed by atoms with Gasteiger partial charge in [0, 0.05) is 18.0 Å². The number of nitriles is 1. The smallest absolute Gasteiger partial charge is 0.106 e. The fourth-order valence-electron chi connectivity index (χ4n) is 1.51. The number of pyridine rings is 1. The highest BCUT2D eigenvalue weighted by molar-refractivity contribution is 5.36. The molecule has 0 bridgehead atoms. The predicted octanol–water partition coefficient (Wildman–Crippen LogP) is 2.03. The SMILES string of the molecule is N#Cc1cccc(C(O)c2cccnc2)c1. The van der Waals surface area contributed by atoms with Crippen molar-refractivity contribution in [1.29, 1.82) is 5.26 Å². The summed E-state index contributed by atoms with van der Waals surface area (Å²) in [5, 5.41) is 18.8. The van der Waals surface area contributed by atoms with Crippen LogP contribution < -0.4 is 0 Å². The maximum absolute atomic E-state index is 10.1. The van der Waals surface area contributed by atoms with Gasteiger partial charge in [-0.3, -0.25) is 4.98 Å². The molecule has 0 aliphatic rings. The van der Waals surface area contributed by atoms with Gasteiger partial charge in [-0.05, 0) is 23.8 Å². The Balaban J connectivity index is 2.35. The van der Waals surface area contributed by atoms with Gasteiger partial charge in [0.05, 0.1) is 11.6 Å². The van der Waals surface area contributed by atoms with E-state index in [2.05, 4.69) is 4.98 Å². The van der Waals surface area contributed by atoms with Gasteiger partial charge in [0.2, 0.25) is 0 Å². The highest BCUT2D eigenvalue weighted by atomic mass is 16.3. The van der Waals surface area contributed by atoms with Crippen LogP contribution in [0.4, 0.5) is 0 Å². The topological polar surface area (TPSA) is 56.9 Å². The second-order valence-corrected chi connectivity index (χ2v) is 3.43. The molecule has 78 valence electrons. The Kier molecular flexibility index (Phi) is 2.95. The molecule has 0 aliphatic heterocycles. The molecule has 16 heavy (non-hydrogen) atoms. The lowest BCUT2D eigenvalue weighted by Gasteiger charge is -2.10. The number of hydrogen-bond acceptors (Lipinski definition) is 3. The number of hydrogen-bond donors (Lipinski definition) is 1. The summed E-state index contributed by atoms with van der Waals surface area (Å²) in [7, 11) is 0. The third-order valence-corrected chi connectivity index (χ3v) is 2.33. The van der Waals surface area contributed by atoms with Gasteiger partial charge in [-0.15, -0.1) is 0 Å². The summed E-state index contributed by atoms with van der Waals surface area (Å²) in [6.07, 6.45) is 2.54. The molecule has 0 fully saturated rings. The van der Waals surface area contributed by atoms with Crippen LogP contribution in [-0.2, 0) is 0 Å². The number of aliphatic hydroxyl groups excluding tert-OH is 1. The van der Waals surface area contributed by atoms with E-state index in [1.807, 2.05) is 6.07 Å². The molecule has 3 nitrogen and oxygen atoms in total. The van der Waals surface area contributed by atoms with Gasteiger partial charge >= 0.3 is 0 Å². The molecular formula is C13H10N2O. The van der Waals surface area contributed by atoms with Crippen molar-refractivity contribution >= 4 is 0 Å². The van der Waals surface area contributed by atoms with Gasteiger partial charge in [0.1, 0.15) is 6.10 Å². The van der Waals surface area contributed by atoms with Crippen LogP contribution in [0.25, 0.3) is 0 Å². The zero-order valence-electron chi connectivity index (χ0n) is 8.54. The summed E-state index contributed by atoms with van der Waals surface area (Å²) in [5.74, 6) is 0. The molecule has 1 N–H and O–H groups in total. The number of nitrogens with zero attached hydrogens (tertiary/aromatic N) is 2. The van der Waals surface area contributed by atoms with Gasteiger partial charge in [-0.25, -0.2) is 0 Å². The van der Waals surface area contributed by atoms with Crippen LogP contribution in [0.15, 0.2) is 48.8 Å². The molecule has 1 aromatic carbocycles. The van der Waals surface area contributed by atoms with Crippen molar-refractivity contribution in [2.24, 2.45) is 0 Å². The summed E-state index contributed by atoms with van der Waals surface area (Å²) in [6.45, 7) is 0. The van der Waals surface area contributed by atoms with Crippen LogP contribution in [-0.4, -0.2) is 10.1 Å². The number of aliphatic hydroxyl groups is 1. The molecule has 1 aromatic heterocycles. The van der Waals surface area contributed by atoms with E-state index in [-0.39, 0.29) is 0 Å². The lowest BCUT2D eigenvalue weighted by molar-refractivity contribution is 0.220. The molecule has 0 aliphatic carbocycles. The van der Waals surface area contributed by atoms with Gasteiger partial charge in [-0.2, -0.15) is 5.26 Å². The van der Waals surface area contributed by atoms with Gasteiger partial charge in [0.15, 0.2) is 0 Å². The quantitative estimate of drug-likeness (QED) is 0.825. The van der Waals surface area contributed by atoms with E-state index in [0.717, 1.165) is 5.56 Å². The molecule has 0 spiro atoms. The minimum absolute atomic E-state index is 0.542. The van der Waals surface area contributed by atoms with Gasteiger partial charge < -0.3 is 5.11 Å². The van der Waals surface area contributed by atoms with Crippen LogP contribution in [0.3, 0.4) is 0 Å². The molecular weight excluding hydrogens is 200 g/mol. The Morgan fingerprint density at radius 1 is 1.19 bits per heavy atom. The van der Waals surface area contributed by atoms with E-state index in [4.69, 9.17) is 5.26 Å². The Bertz CT molecular complexity index is 517. The van der Waals surface area contributed by atoms with Gasteiger partial charge in [-0.1, -0.05) is 18.2 Å². The van der Waals surface area contributed by atoms with E-state index in [1.165, 1.54) is 0 Å². The molecule has 1 unspecified atom stereocenters. The Labute approximate surface area is 93.6 Å². The number of aromatic nitrogens is 1. The first-order valence-electron chi connectivity index (χ1n) is 4.89. The lowest BCUT2D eigenvalue weighted by Crippen LogP contribution is -2.00. The van der Waals surface area contributed by atoms with Crippen molar-refractivity contribution in [2.45, 2.75) is 6.10 Å². The van der Waals surface area contributed by atoms with E-state index in [0.29, 0.717) is 11.1 Å². The van der Waals surface area contributed by atoms with E-state index < -0.39 is 6.10 Å². The van der Waals surface area contributed by atoms with Crippen molar-refractivity contribution in [2.75, 3.05) is 0 Å². The van der Waals surface area contributed by atoms with Crippen LogP contribution in [0.1, 0.15) is 22.8 Å². The van der Waals surface area contributed by atoms with Crippen LogP contribution in [0.2, 0.25) is 0 Å². The third kappa shape index (κ3) is 2.08. The molecule has 2 rings (SSSR count). The molecule has 0 saturated carbocycles. The van der Waals surface area contributed by atoms with Crippen LogP contribution in [0.5, 0.6) is 0 Å². The molecule has 0 saturated heterocycles. The lowest BCUT2D eigenvalue weighted by atomic mass is 10.0. The molecule has 3 heteroatoms. The molecule has 1 atom stereocenters. The summed E-state index contributed by atoms with van der Waals surface area (Å²) < 4.78 is 0. The number of rotatable bonds is 2. The van der Waals surface area contributed by atoms with Crippen LogP contribution >= 0.6 is 0 Å². The first-order valence-corrected chi connectivity index (χ1v) is 4.89. The zero-order valence-corrected chi connectivity index (χ0v) is 8.54. The first-order chi connectivity index (χ1) is 7.81. The summed E-state index contributed by atoms with van der Waals surface area (Å²) in [5.41, 5.74) is 1.96. The molecule has 0 radical (unpaired) electrons. The monoisotopic (exact) mass is 210 g/mol. The third-order valence-electron chi connectivity index (χ3n) is 2.33. The number of benzene rings is 1. The van der Waals surface area contributed by atoms with Crippen molar-refractivity contribution < 1.29 is 5.11 Å². The van der Waals surface area contributed by atoms with Crippen molar-refractivity contribution in [3.05, 3.63) is 65.5 Å². The molecule has 0 amide bonds. The fourth-order valence-corrected chi connectivity index (χ4v) is 1.51. The van der Waals surface area contributed by atoms with Gasteiger partial charge in [0.25, 0.3) is 0 Å². The van der Waals surface area contributed by atoms with Crippen molar-refractivity contribution in [3.63, 3.8) is 0 Å². The summed E-state index contributed by atoms with van der Waals surface area (Å²) >= 11 is 0. The minimum Gasteiger partial charge on any atom is -0.384 e. The minimum atomic E-state index is -0.734. The Morgan fingerprint density at radius 3 is 2.69 bits per heavy atom. The average Bonchev–Trinajstić information content (AvgIpc) is 2.39. The Hall–Kier alpha value is -2.18. The van der Waals surface area contributed by atoms with Crippen molar-refractivity contribution in [3.8, 4) is 6.07 Å². The first kappa shape index (κ1) is 10.3. The summed E-state index contributed by atoms with van der Waals surface area (Å²) in [6, 6.07) is 12.6. The van der Waals surface area contributed by atoms with E-state index >= 15 is 0 Å². The van der Waals surface area contributed by atoms with Crippen LogP contribution in [0, 0.1) is 11.3 Å². The largest absolute Gasteiger partial charge is 0.384 e. The maximum atomic E-state index is 10.1. The Morgan fingerprint density at radius 2 is 2.00 bits per heavy atom. The second kappa shape index (κ2) is 4.56. The zero-order chi connectivity index (χ0) is 11.4. The fraction of sp³-hybridized carbons (Fsp3) is 0.0769. The normalized spacial score (nSPS) is 11.8. The average molecular weight is 210 g/mol. The second-order valence-electron chi connectivity index (χ2n) is 3.43. The highest BCUT2D eigenvalue weighted by Gasteiger charge is 2.10. The summed E-state index contributed by atoms with van der Waals surface area (Å²) in [4.78, 5) is 3.95. The molecule has 2 aromatic rings. The van der Waals surface area contributed by atoms with Crippen molar-refractivity contribution in [1.82, 2.24) is 4.98 Å². The maximum Gasteiger partial charge on any atom is 0.106 e. The standard InChI is InChI=1S/C13H10N2O/c14-8-10-3-1-4-11(7-10)13(16)12-5-2-6-15-9-12/h1-7,9,13,16H. The predicted molar refractivity (Wildman–Crippen MR) is 59.5 cm³/mol. The molecule has 1 heterocycles. The highest BCUT2D eigenvalue weighted by Crippen LogP contribution is 2.21. The van der Waals surface area contributed by atoms with E-state index in [9.17, 15) is 5.11 Å².